The van der Waals surface area contributed by atoms with E-state index in [0.29, 0.717) is 13.1 Å². The number of hydrogen-bond donors (Lipinski definition) is 1. The molecule has 0 aromatic heterocycles. The van der Waals surface area contributed by atoms with E-state index in [1.54, 1.807) is 25.7 Å². The molecule has 1 fully saturated rings. The van der Waals surface area contributed by atoms with E-state index in [0.717, 1.165) is 0 Å². The Balaban J connectivity index is 2.02. The Morgan fingerprint density at radius 2 is 1.66 bits per heavy atom. The number of carbonyl (C=O) groups excluding carboxylic acids is 2. The average Bonchev–Trinajstić information content (AvgIpc) is 2.58. The minimum Gasteiger partial charge on any atom is -0.449 e. The van der Waals surface area contributed by atoms with Crippen LogP contribution in [-0.2, 0) is 24.3 Å². The summed E-state index contributed by atoms with van der Waals surface area (Å²) in [5, 5.41) is 0. The topological polar surface area (TPSA) is 102 Å². The van der Waals surface area contributed by atoms with Crippen LogP contribution < -0.4 is 4.72 Å². The van der Waals surface area contributed by atoms with E-state index in [4.69, 9.17) is 9.47 Å². The molecule has 29 heavy (non-hydrogen) atoms. The van der Waals surface area contributed by atoms with Crippen LogP contribution in [0.1, 0.15) is 51.9 Å². The van der Waals surface area contributed by atoms with Crippen molar-refractivity contribution in [1.29, 1.82) is 0 Å². The quantitative estimate of drug-likeness (QED) is 0.722. The number of esters is 1. The molecule has 3 atom stereocenters. The number of morpholine rings is 1. The van der Waals surface area contributed by atoms with Gasteiger partial charge >= 0.3 is 5.97 Å². The van der Waals surface area contributed by atoms with Crippen LogP contribution in [0.3, 0.4) is 0 Å². The Morgan fingerprint density at radius 3 is 2.14 bits per heavy atom. The normalized spacial score (nSPS) is 21.5. The fourth-order valence-corrected chi connectivity index (χ4v) is 4.54. The maximum Gasteiger partial charge on any atom is 0.338 e. The van der Waals surface area contributed by atoms with Gasteiger partial charge in [0.15, 0.2) is 6.10 Å². The first kappa shape index (κ1) is 23.3. The molecule has 9 heteroatoms. The van der Waals surface area contributed by atoms with Gasteiger partial charge in [-0.1, -0.05) is 0 Å². The zero-order valence-corrected chi connectivity index (χ0v) is 18.6. The molecule has 1 saturated heterocycles. The largest absolute Gasteiger partial charge is 0.449 e. The Bertz CT molecular complexity index is 835. The maximum atomic E-state index is 12.6. The summed E-state index contributed by atoms with van der Waals surface area (Å²) in [7, 11) is -3.70. The summed E-state index contributed by atoms with van der Waals surface area (Å²) in [6, 6.07) is 5.41. The SMILES string of the molecule is CC1CN(C(=O)C(C)OC(=O)c2ccc(S(=O)(=O)NC(C)(C)C)cc2)CC(C)O1. The van der Waals surface area contributed by atoms with Crippen molar-refractivity contribution in [3.63, 3.8) is 0 Å². The van der Waals surface area contributed by atoms with E-state index >= 15 is 0 Å². The molecule has 1 N–H and O–H groups in total. The Morgan fingerprint density at radius 1 is 1.14 bits per heavy atom. The highest BCUT2D eigenvalue weighted by molar-refractivity contribution is 7.89. The van der Waals surface area contributed by atoms with E-state index in [2.05, 4.69) is 4.72 Å². The summed E-state index contributed by atoms with van der Waals surface area (Å²) in [5.41, 5.74) is -0.455. The Labute approximate surface area is 172 Å². The third-order valence-corrected chi connectivity index (χ3v) is 5.98. The van der Waals surface area contributed by atoms with E-state index < -0.39 is 27.6 Å². The summed E-state index contributed by atoms with van der Waals surface area (Å²) in [4.78, 5) is 26.6. The van der Waals surface area contributed by atoms with Crippen molar-refractivity contribution in [2.75, 3.05) is 13.1 Å². The summed E-state index contributed by atoms with van der Waals surface area (Å²) in [6.45, 7) is 11.4. The third-order valence-electron chi connectivity index (χ3n) is 4.20. The molecule has 3 unspecified atom stereocenters. The molecule has 0 saturated carbocycles. The lowest BCUT2D eigenvalue weighted by molar-refractivity contribution is -0.151. The first-order chi connectivity index (χ1) is 13.3. The first-order valence-electron chi connectivity index (χ1n) is 9.58. The van der Waals surface area contributed by atoms with Gasteiger partial charge in [-0.05, 0) is 65.8 Å². The highest BCUT2D eigenvalue weighted by atomic mass is 32.2. The second-order valence-corrected chi connectivity index (χ2v) is 10.1. The number of carbonyl (C=O) groups is 2. The zero-order chi connectivity index (χ0) is 22.0. The van der Waals surface area contributed by atoms with Gasteiger partial charge in [-0.3, -0.25) is 4.79 Å². The molecular formula is C20H30N2O6S. The van der Waals surface area contributed by atoms with E-state index in [9.17, 15) is 18.0 Å². The van der Waals surface area contributed by atoms with Gasteiger partial charge in [0.05, 0.1) is 22.7 Å². The molecule has 0 bridgehead atoms. The van der Waals surface area contributed by atoms with Crippen LogP contribution in [0, 0.1) is 0 Å². The molecule has 0 aliphatic carbocycles. The van der Waals surface area contributed by atoms with Crippen LogP contribution in [0.4, 0.5) is 0 Å². The molecule has 0 radical (unpaired) electrons. The minimum atomic E-state index is -3.70. The van der Waals surface area contributed by atoms with Crippen LogP contribution in [0.15, 0.2) is 29.2 Å². The number of benzene rings is 1. The van der Waals surface area contributed by atoms with Crippen LogP contribution in [0.5, 0.6) is 0 Å². The molecular weight excluding hydrogens is 396 g/mol. The van der Waals surface area contributed by atoms with Gasteiger partial charge < -0.3 is 14.4 Å². The first-order valence-corrected chi connectivity index (χ1v) is 11.1. The number of nitrogens with zero attached hydrogens (tertiary/aromatic N) is 1. The number of nitrogens with one attached hydrogen (secondary N) is 1. The van der Waals surface area contributed by atoms with Gasteiger partial charge in [-0.15, -0.1) is 0 Å². The summed E-state index contributed by atoms with van der Waals surface area (Å²) in [6.07, 6.45) is -1.12. The third kappa shape index (κ3) is 6.52. The Hall–Kier alpha value is -1.97. The van der Waals surface area contributed by atoms with Crippen LogP contribution >= 0.6 is 0 Å². The van der Waals surface area contributed by atoms with Gasteiger partial charge in [0, 0.05) is 18.6 Å². The molecule has 1 aliphatic rings. The monoisotopic (exact) mass is 426 g/mol. The molecule has 2 rings (SSSR count). The summed E-state index contributed by atoms with van der Waals surface area (Å²) in [5.74, 6) is -0.970. The summed E-state index contributed by atoms with van der Waals surface area (Å²) < 4.78 is 38.1. The van der Waals surface area contributed by atoms with Crippen molar-refractivity contribution >= 4 is 21.9 Å². The van der Waals surface area contributed by atoms with Crippen molar-refractivity contribution in [2.24, 2.45) is 0 Å². The number of hydrogen-bond acceptors (Lipinski definition) is 6. The number of ether oxygens (including phenoxy) is 2. The lowest BCUT2D eigenvalue weighted by atomic mass is 10.1. The lowest BCUT2D eigenvalue weighted by Crippen LogP contribution is -2.51. The van der Waals surface area contributed by atoms with Gasteiger partial charge in [0.25, 0.3) is 5.91 Å². The molecule has 1 aliphatic heterocycles. The van der Waals surface area contributed by atoms with Crippen molar-refractivity contribution in [3.05, 3.63) is 29.8 Å². The maximum absolute atomic E-state index is 12.6. The van der Waals surface area contributed by atoms with Gasteiger partial charge in [0.2, 0.25) is 10.0 Å². The minimum absolute atomic E-state index is 0.0457. The van der Waals surface area contributed by atoms with Gasteiger partial charge in [-0.25, -0.2) is 17.9 Å². The lowest BCUT2D eigenvalue weighted by Gasteiger charge is -2.36. The van der Waals surface area contributed by atoms with E-state index in [1.165, 1.54) is 31.2 Å². The molecule has 1 heterocycles. The highest BCUT2D eigenvalue weighted by Gasteiger charge is 2.30. The van der Waals surface area contributed by atoms with Crippen molar-refractivity contribution < 1.29 is 27.5 Å². The van der Waals surface area contributed by atoms with Crippen molar-refractivity contribution in [1.82, 2.24) is 9.62 Å². The zero-order valence-electron chi connectivity index (χ0n) is 17.8. The predicted molar refractivity (Wildman–Crippen MR) is 108 cm³/mol. The predicted octanol–water partition coefficient (Wildman–Crippen LogP) is 1.94. The number of rotatable bonds is 5. The molecule has 1 aromatic rings. The fourth-order valence-electron chi connectivity index (χ4n) is 3.13. The fraction of sp³-hybridized carbons (Fsp3) is 0.600. The van der Waals surface area contributed by atoms with Gasteiger partial charge in [0.1, 0.15) is 0 Å². The van der Waals surface area contributed by atoms with Gasteiger partial charge in [-0.2, -0.15) is 0 Å². The van der Waals surface area contributed by atoms with E-state index in [-0.39, 0.29) is 28.6 Å². The summed E-state index contributed by atoms with van der Waals surface area (Å²) >= 11 is 0. The van der Waals surface area contributed by atoms with Crippen molar-refractivity contribution in [3.8, 4) is 0 Å². The highest BCUT2D eigenvalue weighted by Crippen LogP contribution is 2.16. The Kier molecular flexibility index (Phi) is 7.08. The standard InChI is InChI=1S/C20H30N2O6S/c1-13-11-22(12-14(2)27-13)18(23)15(3)28-19(24)16-7-9-17(10-8-16)29(25,26)21-20(4,5)6/h7-10,13-15,21H,11-12H2,1-6H3. The number of sulfonamides is 1. The second kappa shape index (κ2) is 8.81. The molecule has 1 aromatic carbocycles. The second-order valence-electron chi connectivity index (χ2n) is 8.43. The molecule has 162 valence electrons. The average molecular weight is 427 g/mol. The van der Waals surface area contributed by atoms with Crippen molar-refractivity contribution in [2.45, 2.75) is 70.3 Å². The molecule has 0 spiro atoms. The molecule has 1 amide bonds. The van der Waals surface area contributed by atoms with Crippen LogP contribution in [0.2, 0.25) is 0 Å². The van der Waals surface area contributed by atoms with Crippen LogP contribution in [0.25, 0.3) is 0 Å². The number of amides is 1. The van der Waals surface area contributed by atoms with Crippen LogP contribution in [-0.4, -0.2) is 62.1 Å². The van der Waals surface area contributed by atoms with E-state index in [1.807, 2.05) is 13.8 Å². The smallest absolute Gasteiger partial charge is 0.338 e. The molecule has 8 nitrogen and oxygen atoms in total.